The summed E-state index contributed by atoms with van der Waals surface area (Å²) < 4.78 is 31.3. The van der Waals surface area contributed by atoms with Crippen molar-refractivity contribution in [1.82, 2.24) is 4.31 Å². The number of carbonyl (C=O) groups is 1. The number of rotatable bonds is 3. The van der Waals surface area contributed by atoms with E-state index in [0.717, 1.165) is 0 Å². The van der Waals surface area contributed by atoms with Crippen LogP contribution in [0.4, 0.5) is 0 Å². The molecule has 0 amide bonds. The third-order valence-electron chi connectivity index (χ3n) is 3.88. The van der Waals surface area contributed by atoms with Crippen LogP contribution in [0.25, 0.3) is 0 Å². The SMILES string of the molecule is C[C@@H]1[C@H](C(=O)O)CCCN1S(=O)(=O)C1CCOC1. The zero-order chi connectivity index (χ0) is 13.3. The average Bonchev–Trinajstić information content (AvgIpc) is 2.82. The monoisotopic (exact) mass is 277 g/mol. The fourth-order valence-corrected chi connectivity index (χ4v) is 4.78. The van der Waals surface area contributed by atoms with Crippen molar-refractivity contribution in [2.75, 3.05) is 19.8 Å². The fraction of sp³-hybridized carbons (Fsp3) is 0.909. The maximum absolute atomic E-state index is 12.4. The van der Waals surface area contributed by atoms with Gasteiger partial charge in [-0.15, -0.1) is 0 Å². The van der Waals surface area contributed by atoms with Gasteiger partial charge in [0.05, 0.1) is 12.5 Å². The number of carboxylic acid groups (broad SMARTS) is 1. The molecule has 0 aliphatic carbocycles. The molecule has 2 saturated heterocycles. The molecule has 104 valence electrons. The summed E-state index contributed by atoms with van der Waals surface area (Å²) in [6, 6.07) is -0.471. The van der Waals surface area contributed by atoms with Crippen LogP contribution in [0.1, 0.15) is 26.2 Å². The fourth-order valence-electron chi connectivity index (χ4n) is 2.74. The van der Waals surface area contributed by atoms with Gasteiger partial charge in [-0.1, -0.05) is 0 Å². The van der Waals surface area contributed by atoms with Crippen LogP contribution in [0.3, 0.4) is 0 Å². The van der Waals surface area contributed by atoms with Gasteiger partial charge in [-0.05, 0) is 26.2 Å². The van der Waals surface area contributed by atoms with E-state index in [9.17, 15) is 13.2 Å². The first-order valence-electron chi connectivity index (χ1n) is 6.26. The molecule has 0 spiro atoms. The Labute approximate surface area is 107 Å². The second-order valence-corrected chi connectivity index (χ2v) is 7.13. The number of sulfonamides is 1. The first-order chi connectivity index (χ1) is 8.44. The minimum Gasteiger partial charge on any atom is -0.481 e. The van der Waals surface area contributed by atoms with Gasteiger partial charge in [0.2, 0.25) is 10.0 Å². The summed E-state index contributed by atoms with van der Waals surface area (Å²) in [4.78, 5) is 11.1. The summed E-state index contributed by atoms with van der Waals surface area (Å²) in [5.41, 5.74) is 0. The van der Waals surface area contributed by atoms with Crippen LogP contribution >= 0.6 is 0 Å². The topological polar surface area (TPSA) is 83.9 Å². The average molecular weight is 277 g/mol. The molecule has 18 heavy (non-hydrogen) atoms. The van der Waals surface area contributed by atoms with Crippen LogP contribution in [0.5, 0.6) is 0 Å². The third-order valence-corrected chi connectivity index (χ3v) is 6.27. The smallest absolute Gasteiger partial charge is 0.308 e. The molecule has 6 nitrogen and oxygen atoms in total. The third kappa shape index (κ3) is 2.39. The zero-order valence-corrected chi connectivity index (χ0v) is 11.2. The molecule has 2 fully saturated rings. The lowest BCUT2D eigenvalue weighted by atomic mass is 9.92. The van der Waals surface area contributed by atoms with E-state index in [4.69, 9.17) is 9.84 Å². The highest BCUT2D eigenvalue weighted by Gasteiger charge is 2.43. The predicted molar refractivity (Wildman–Crippen MR) is 64.7 cm³/mol. The van der Waals surface area contributed by atoms with Crippen molar-refractivity contribution >= 4 is 16.0 Å². The molecule has 2 aliphatic heterocycles. The predicted octanol–water partition coefficient (Wildman–Crippen LogP) is 0.290. The Morgan fingerprint density at radius 3 is 2.67 bits per heavy atom. The van der Waals surface area contributed by atoms with Crippen molar-refractivity contribution in [2.45, 2.75) is 37.5 Å². The van der Waals surface area contributed by atoms with Crippen LogP contribution in [-0.2, 0) is 19.6 Å². The standard InChI is InChI=1S/C11H19NO5S/c1-8-10(11(13)14)3-2-5-12(8)18(15,16)9-4-6-17-7-9/h8-10H,2-7H2,1H3,(H,13,14)/t8-,9?,10-/m1/s1. The molecule has 3 atom stereocenters. The molecule has 7 heteroatoms. The van der Waals surface area contributed by atoms with Gasteiger partial charge in [0.25, 0.3) is 0 Å². The maximum atomic E-state index is 12.4. The van der Waals surface area contributed by atoms with Crippen LogP contribution in [0.2, 0.25) is 0 Å². The van der Waals surface area contributed by atoms with Gasteiger partial charge in [-0.3, -0.25) is 4.79 Å². The summed E-state index contributed by atoms with van der Waals surface area (Å²) in [7, 11) is -3.43. The Hall–Kier alpha value is -0.660. The number of nitrogens with zero attached hydrogens (tertiary/aromatic N) is 1. The number of carboxylic acids is 1. The van der Waals surface area contributed by atoms with Gasteiger partial charge in [0.1, 0.15) is 5.25 Å². The minimum absolute atomic E-state index is 0.225. The van der Waals surface area contributed by atoms with Gasteiger partial charge in [0.15, 0.2) is 0 Å². The van der Waals surface area contributed by atoms with E-state index in [1.807, 2.05) is 0 Å². The molecule has 0 radical (unpaired) electrons. The Morgan fingerprint density at radius 2 is 2.11 bits per heavy atom. The molecule has 0 aromatic heterocycles. The Bertz CT molecular complexity index is 415. The lowest BCUT2D eigenvalue weighted by molar-refractivity contribution is -0.144. The summed E-state index contributed by atoms with van der Waals surface area (Å²) in [5, 5.41) is 8.60. The number of hydrogen-bond donors (Lipinski definition) is 1. The molecule has 0 aromatic rings. The van der Waals surface area contributed by atoms with Crippen LogP contribution in [0.15, 0.2) is 0 Å². The van der Waals surface area contributed by atoms with Gasteiger partial charge in [-0.2, -0.15) is 4.31 Å². The van der Waals surface area contributed by atoms with Crippen LogP contribution < -0.4 is 0 Å². The van der Waals surface area contributed by atoms with Crippen LogP contribution in [0, 0.1) is 5.92 Å². The maximum Gasteiger partial charge on any atom is 0.308 e. The number of ether oxygens (including phenoxy) is 1. The minimum atomic E-state index is -3.43. The zero-order valence-electron chi connectivity index (χ0n) is 10.4. The highest BCUT2D eigenvalue weighted by molar-refractivity contribution is 7.89. The first kappa shape index (κ1) is 13.8. The van der Waals surface area contributed by atoms with Crippen LogP contribution in [-0.4, -0.2) is 54.8 Å². The van der Waals surface area contributed by atoms with Crippen molar-refractivity contribution in [1.29, 1.82) is 0 Å². The number of piperidine rings is 1. The van der Waals surface area contributed by atoms with E-state index in [0.29, 0.717) is 32.4 Å². The molecule has 2 rings (SSSR count). The summed E-state index contributed by atoms with van der Waals surface area (Å²) in [6.45, 7) is 2.80. The van der Waals surface area contributed by atoms with Crippen molar-refractivity contribution in [3.8, 4) is 0 Å². The highest BCUT2D eigenvalue weighted by Crippen LogP contribution is 2.29. The Morgan fingerprint density at radius 1 is 1.39 bits per heavy atom. The lowest BCUT2D eigenvalue weighted by Crippen LogP contribution is -2.51. The van der Waals surface area contributed by atoms with E-state index < -0.39 is 33.2 Å². The van der Waals surface area contributed by atoms with Crippen molar-refractivity contribution in [3.63, 3.8) is 0 Å². The molecule has 0 saturated carbocycles. The van der Waals surface area contributed by atoms with E-state index >= 15 is 0 Å². The molecule has 2 aliphatic rings. The van der Waals surface area contributed by atoms with Crippen molar-refractivity contribution < 1.29 is 23.1 Å². The van der Waals surface area contributed by atoms with Gasteiger partial charge < -0.3 is 9.84 Å². The lowest BCUT2D eigenvalue weighted by Gasteiger charge is -2.37. The van der Waals surface area contributed by atoms with E-state index in [1.165, 1.54) is 4.31 Å². The Balaban J connectivity index is 2.18. The highest BCUT2D eigenvalue weighted by atomic mass is 32.2. The molecule has 2 heterocycles. The number of hydrogen-bond acceptors (Lipinski definition) is 4. The molecule has 1 unspecified atom stereocenters. The molecular formula is C11H19NO5S. The van der Waals surface area contributed by atoms with E-state index in [-0.39, 0.29) is 6.61 Å². The quantitative estimate of drug-likeness (QED) is 0.801. The van der Waals surface area contributed by atoms with Gasteiger partial charge in [0, 0.05) is 19.2 Å². The summed E-state index contributed by atoms with van der Waals surface area (Å²) in [6.07, 6.45) is 1.65. The Kier molecular flexibility index (Phi) is 3.93. The van der Waals surface area contributed by atoms with E-state index in [1.54, 1.807) is 6.92 Å². The summed E-state index contributed by atoms with van der Waals surface area (Å²) in [5.74, 6) is -1.51. The van der Waals surface area contributed by atoms with Gasteiger partial charge >= 0.3 is 5.97 Å². The summed E-state index contributed by atoms with van der Waals surface area (Å²) >= 11 is 0. The first-order valence-corrected chi connectivity index (χ1v) is 7.76. The second-order valence-electron chi connectivity index (χ2n) is 4.97. The molecular weight excluding hydrogens is 258 g/mol. The molecule has 1 N–H and O–H groups in total. The normalized spacial score (nSPS) is 34.6. The second kappa shape index (κ2) is 5.14. The number of aliphatic carboxylic acids is 1. The largest absolute Gasteiger partial charge is 0.481 e. The molecule has 0 aromatic carbocycles. The molecule has 0 bridgehead atoms. The van der Waals surface area contributed by atoms with Crippen molar-refractivity contribution in [3.05, 3.63) is 0 Å². The van der Waals surface area contributed by atoms with Gasteiger partial charge in [-0.25, -0.2) is 8.42 Å². The van der Waals surface area contributed by atoms with Crippen molar-refractivity contribution in [2.24, 2.45) is 5.92 Å². The van der Waals surface area contributed by atoms with E-state index in [2.05, 4.69) is 0 Å².